The Balaban J connectivity index is 3.17. The molecule has 0 aromatic heterocycles. The van der Waals surface area contributed by atoms with E-state index in [2.05, 4.69) is 20.9 Å². The van der Waals surface area contributed by atoms with Crippen LogP contribution in [0.3, 0.4) is 0 Å². The van der Waals surface area contributed by atoms with Crippen molar-refractivity contribution in [2.45, 2.75) is 33.2 Å². The van der Waals surface area contributed by atoms with Gasteiger partial charge in [0.05, 0.1) is 36.4 Å². The lowest BCUT2D eigenvalue weighted by Gasteiger charge is -2.12. The van der Waals surface area contributed by atoms with E-state index in [9.17, 15) is 19.1 Å². The molecule has 1 aromatic rings. The highest BCUT2D eigenvalue weighted by molar-refractivity contribution is 9.10. The molecular weight excluding hydrogens is 433 g/mol. The van der Waals surface area contributed by atoms with Crippen molar-refractivity contribution in [1.29, 1.82) is 0 Å². The normalized spacial score (nSPS) is 13.1. The summed E-state index contributed by atoms with van der Waals surface area (Å²) < 4.78 is 24.7. The van der Waals surface area contributed by atoms with Gasteiger partial charge in [0.1, 0.15) is 17.1 Å². The molecule has 0 amide bonds. The van der Waals surface area contributed by atoms with Crippen molar-refractivity contribution < 1.29 is 28.6 Å². The number of hydrogen-bond donors (Lipinski definition) is 1. The number of ketones is 1. The monoisotopic (exact) mass is 457 g/mol. The summed E-state index contributed by atoms with van der Waals surface area (Å²) in [5, 5.41) is 9.29. The maximum atomic E-state index is 14.4. The Labute approximate surface area is 172 Å². The van der Waals surface area contributed by atoms with Gasteiger partial charge in [-0.25, -0.2) is 9.18 Å². The average Bonchev–Trinajstić information content (AvgIpc) is 2.65. The summed E-state index contributed by atoms with van der Waals surface area (Å²) in [6.45, 7) is 5.43. The van der Waals surface area contributed by atoms with Gasteiger partial charge in [0.2, 0.25) is 5.78 Å². The Morgan fingerprint density at radius 2 is 2.04 bits per heavy atom. The molecular formula is C20H25BrFNO5. The van der Waals surface area contributed by atoms with Crippen LogP contribution >= 0.6 is 15.9 Å². The highest BCUT2D eigenvalue weighted by atomic mass is 79.9. The minimum atomic E-state index is -0.838. The second-order valence-corrected chi connectivity index (χ2v) is 7.05. The van der Waals surface area contributed by atoms with E-state index < -0.39 is 17.6 Å². The van der Waals surface area contributed by atoms with Crippen LogP contribution in [0.15, 0.2) is 33.2 Å². The molecule has 1 N–H and O–H groups in total. The fourth-order valence-corrected chi connectivity index (χ4v) is 2.78. The number of aliphatic imine (C=N–C) groups is 1. The van der Waals surface area contributed by atoms with Crippen molar-refractivity contribution in [3.8, 4) is 5.75 Å². The predicted octanol–water partition coefficient (Wildman–Crippen LogP) is 3.75. The molecule has 0 spiro atoms. The Hall–Kier alpha value is -2.06. The number of esters is 1. The molecule has 1 rings (SSSR count). The first-order valence-corrected chi connectivity index (χ1v) is 9.63. The van der Waals surface area contributed by atoms with E-state index in [-0.39, 0.29) is 48.5 Å². The van der Waals surface area contributed by atoms with Gasteiger partial charge in [-0.1, -0.05) is 19.9 Å². The number of aliphatic hydroxyl groups is 1. The number of carbonyl (C=O) groups is 2. The largest absolute Gasteiger partial charge is 0.495 e. The van der Waals surface area contributed by atoms with Crippen LogP contribution < -0.4 is 4.74 Å². The van der Waals surface area contributed by atoms with E-state index in [4.69, 9.17) is 9.47 Å². The van der Waals surface area contributed by atoms with Crippen LogP contribution in [0.5, 0.6) is 5.75 Å². The minimum absolute atomic E-state index is 0.0757. The van der Waals surface area contributed by atoms with Crippen LogP contribution in [0, 0.1) is 11.7 Å². The molecule has 0 bridgehead atoms. The van der Waals surface area contributed by atoms with Crippen LogP contribution in [-0.4, -0.2) is 49.4 Å². The van der Waals surface area contributed by atoms with E-state index in [0.717, 1.165) is 6.07 Å². The first-order valence-electron chi connectivity index (χ1n) is 8.84. The van der Waals surface area contributed by atoms with E-state index in [1.54, 1.807) is 6.92 Å². The number of methoxy groups -OCH3 is 1. The third-order valence-electron chi connectivity index (χ3n) is 3.91. The molecule has 0 aliphatic rings. The molecule has 1 atom stereocenters. The van der Waals surface area contributed by atoms with Crippen molar-refractivity contribution in [1.82, 2.24) is 0 Å². The van der Waals surface area contributed by atoms with Crippen LogP contribution in [0.2, 0.25) is 0 Å². The fraction of sp³-hybridized carbons (Fsp3) is 0.450. The number of benzene rings is 1. The smallest absolute Gasteiger partial charge is 0.341 e. The van der Waals surface area contributed by atoms with Gasteiger partial charge in [0, 0.05) is 18.7 Å². The third kappa shape index (κ3) is 6.53. The summed E-state index contributed by atoms with van der Waals surface area (Å²) in [4.78, 5) is 29.2. The summed E-state index contributed by atoms with van der Waals surface area (Å²) >= 11 is 3.20. The molecule has 0 radical (unpaired) electrons. The van der Waals surface area contributed by atoms with E-state index >= 15 is 0 Å². The number of hydrogen-bond acceptors (Lipinski definition) is 6. The number of carbonyl (C=O) groups excluding carboxylic acids is 2. The maximum absolute atomic E-state index is 14.4. The van der Waals surface area contributed by atoms with Gasteiger partial charge in [0.25, 0.3) is 0 Å². The molecule has 6 nitrogen and oxygen atoms in total. The molecule has 0 heterocycles. The van der Waals surface area contributed by atoms with Crippen molar-refractivity contribution in [2.75, 3.05) is 20.3 Å². The van der Waals surface area contributed by atoms with Gasteiger partial charge >= 0.3 is 5.97 Å². The van der Waals surface area contributed by atoms with Gasteiger partial charge < -0.3 is 14.6 Å². The van der Waals surface area contributed by atoms with Crippen LogP contribution in [0.1, 0.15) is 37.6 Å². The molecule has 28 heavy (non-hydrogen) atoms. The lowest BCUT2D eigenvalue weighted by molar-refractivity contribution is -0.138. The van der Waals surface area contributed by atoms with Gasteiger partial charge in [-0.2, -0.15) is 0 Å². The maximum Gasteiger partial charge on any atom is 0.341 e. The summed E-state index contributed by atoms with van der Waals surface area (Å²) in [5.74, 6) is -2.08. The second-order valence-electron chi connectivity index (χ2n) is 6.20. The van der Waals surface area contributed by atoms with E-state index in [0.29, 0.717) is 4.47 Å². The summed E-state index contributed by atoms with van der Waals surface area (Å²) in [6.07, 6.45) is 3.01. The van der Waals surface area contributed by atoms with E-state index in [1.807, 2.05) is 13.8 Å². The number of Topliss-reactive ketones (excluding diaryl/α,β-unsaturated/α-hetero) is 1. The zero-order valence-corrected chi connectivity index (χ0v) is 18.0. The molecule has 0 unspecified atom stereocenters. The summed E-state index contributed by atoms with van der Waals surface area (Å²) in [5.41, 5.74) is -0.561. The van der Waals surface area contributed by atoms with Gasteiger partial charge in [-0.3, -0.25) is 9.79 Å². The Morgan fingerprint density at radius 3 is 2.57 bits per heavy atom. The average molecular weight is 458 g/mol. The highest BCUT2D eigenvalue weighted by Gasteiger charge is 2.24. The molecule has 0 aliphatic heterocycles. The Morgan fingerprint density at radius 1 is 1.36 bits per heavy atom. The van der Waals surface area contributed by atoms with Crippen molar-refractivity contribution in [3.05, 3.63) is 39.6 Å². The standard InChI is InChI=1S/C20H25BrFNO5/c1-5-28-20(26)13(7-6-8-23-17(11-24)12(2)3)19(25)14-9-15(21)18(27-4)10-16(14)22/h7-10,12,17,24H,5-6,11H2,1-4H3/b13-7-,23-8?/t17-/m1/s1. The summed E-state index contributed by atoms with van der Waals surface area (Å²) in [6, 6.07) is 2.05. The van der Waals surface area contributed by atoms with Crippen LogP contribution in [-0.2, 0) is 9.53 Å². The topological polar surface area (TPSA) is 85.2 Å². The number of allylic oxidation sites excluding steroid dienone is 1. The number of nitrogens with zero attached hydrogens (tertiary/aromatic N) is 1. The molecule has 0 fully saturated rings. The zero-order valence-electron chi connectivity index (χ0n) is 16.4. The van der Waals surface area contributed by atoms with Crippen molar-refractivity contribution >= 4 is 33.9 Å². The molecule has 0 saturated carbocycles. The van der Waals surface area contributed by atoms with E-state index in [1.165, 1.54) is 25.5 Å². The lowest BCUT2D eigenvalue weighted by Crippen LogP contribution is -2.18. The number of rotatable bonds is 10. The van der Waals surface area contributed by atoms with Crippen molar-refractivity contribution in [2.24, 2.45) is 10.9 Å². The molecule has 8 heteroatoms. The number of aliphatic hydroxyl groups excluding tert-OH is 1. The quantitative estimate of drug-likeness (QED) is 0.144. The van der Waals surface area contributed by atoms with Crippen molar-refractivity contribution in [3.63, 3.8) is 0 Å². The minimum Gasteiger partial charge on any atom is -0.495 e. The van der Waals surface area contributed by atoms with Gasteiger partial charge in [-0.05, 0) is 34.8 Å². The first-order chi connectivity index (χ1) is 13.3. The fourth-order valence-electron chi connectivity index (χ4n) is 2.28. The molecule has 0 saturated heterocycles. The third-order valence-corrected chi connectivity index (χ3v) is 4.53. The SMILES string of the molecule is CCOC(=O)/C(=C\CC=N[C@H](CO)C(C)C)C(=O)c1cc(Br)c(OC)cc1F. The molecule has 154 valence electrons. The highest BCUT2D eigenvalue weighted by Crippen LogP contribution is 2.29. The van der Waals surface area contributed by atoms with Crippen LogP contribution in [0.4, 0.5) is 4.39 Å². The zero-order chi connectivity index (χ0) is 21.3. The second kappa shape index (κ2) is 11.7. The van der Waals surface area contributed by atoms with Gasteiger partial charge in [-0.15, -0.1) is 0 Å². The number of halogens is 2. The van der Waals surface area contributed by atoms with Crippen LogP contribution in [0.25, 0.3) is 0 Å². The lowest BCUT2D eigenvalue weighted by atomic mass is 10.0. The van der Waals surface area contributed by atoms with Gasteiger partial charge in [0.15, 0.2) is 0 Å². The Kier molecular flexibility index (Phi) is 10.0. The molecule has 1 aromatic carbocycles. The summed E-state index contributed by atoms with van der Waals surface area (Å²) in [7, 11) is 1.38. The Bertz CT molecular complexity index is 761. The number of ether oxygens (including phenoxy) is 2. The predicted molar refractivity (Wildman–Crippen MR) is 109 cm³/mol. The first kappa shape index (κ1) is 24.0. The molecule has 0 aliphatic carbocycles.